The summed E-state index contributed by atoms with van der Waals surface area (Å²) in [5.74, 6) is 1.39. The Morgan fingerprint density at radius 2 is 1.81 bits per heavy atom. The lowest BCUT2D eigenvalue weighted by Gasteiger charge is -2.22. The summed E-state index contributed by atoms with van der Waals surface area (Å²) in [5, 5.41) is 7.40. The fourth-order valence-electron chi connectivity index (χ4n) is 2.37. The first-order valence-electron chi connectivity index (χ1n) is 6.78. The second-order valence-corrected chi connectivity index (χ2v) is 4.73. The van der Waals surface area contributed by atoms with Crippen LogP contribution in [0.4, 0.5) is 5.69 Å². The zero-order chi connectivity index (χ0) is 15.2. The van der Waals surface area contributed by atoms with Gasteiger partial charge in [-0.1, -0.05) is 0 Å². The Morgan fingerprint density at radius 3 is 2.38 bits per heavy atom. The molecule has 21 heavy (non-hydrogen) atoms. The number of nitrogens with zero attached hydrogens (tertiary/aromatic N) is 3. The highest BCUT2D eigenvalue weighted by Crippen LogP contribution is 2.36. The zero-order valence-corrected chi connectivity index (χ0v) is 12.4. The van der Waals surface area contributed by atoms with E-state index < -0.39 is 0 Å². The van der Waals surface area contributed by atoms with Crippen LogP contribution in [0.3, 0.4) is 0 Å². The molecule has 0 aromatic heterocycles. The van der Waals surface area contributed by atoms with Crippen LogP contribution in [-0.2, 0) is 0 Å². The number of ether oxygens (including phenoxy) is 2. The average molecular weight is 291 g/mol. The lowest BCUT2D eigenvalue weighted by Crippen LogP contribution is -2.21. The van der Waals surface area contributed by atoms with Crippen molar-refractivity contribution in [2.75, 3.05) is 32.2 Å². The molecule has 0 saturated carbocycles. The van der Waals surface area contributed by atoms with Gasteiger partial charge >= 0.3 is 0 Å². The monoisotopic (exact) mass is 291 g/mol. The van der Waals surface area contributed by atoms with Gasteiger partial charge in [0.2, 0.25) is 5.96 Å². The van der Waals surface area contributed by atoms with Gasteiger partial charge in [0.15, 0.2) is 0 Å². The van der Waals surface area contributed by atoms with Gasteiger partial charge in [-0.25, -0.2) is 0 Å². The van der Waals surface area contributed by atoms with E-state index in [-0.39, 0.29) is 5.96 Å². The number of nitrogens with two attached hydrogens (primary N) is 2. The second-order valence-electron chi connectivity index (χ2n) is 4.73. The van der Waals surface area contributed by atoms with Crippen LogP contribution in [0.15, 0.2) is 22.3 Å². The topological polar surface area (TPSA) is 98.5 Å². The van der Waals surface area contributed by atoms with Crippen molar-refractivity contribution in [3.8, 4) is 11.5 Å². The summed E-state index contributed by atoms with van der Waals surface area (Å²) in [7, 11) is 3.27. The van der Waals surface area contributed by atoms with Crippen molar-refractivity contribution in [3.63, 3.8) is 0 Å². The van der Waals surface area contributed by atoms with Gasteiger partial charge in [-0.2, -0.15) is 5.10 Å². The first-order valence-corrected chi connectivity index (χ1v) is 6.78. The third-order valence-corrected chi connectivity index (χ3v) is 3.35. The highest BCUT2D eigenvalue weighted by Gasteiger charge is 2.19. The molecule has 0 spiro atoms. The maximum absolute atomic E-state index is 5.48. The van der Waals surface area contributed by atoms with Crippen LogP contribution >= 0.6 is 0 Å². The third-order valence-electron chi connectivity index (χ3n) is 3.35. The molecule has 1 aliphatic rings. The van der Waals surface area contributed by atoms with E-state index in [9.17, 15) is 0 Å². The summed E-state index contributed by atoms with van der Waals surface area (Å²) in [5.41, 5.74) is 12.3. The quantitative estimate of drug-likeness (QED) is 0.477. The molecule has 1 aromatic rings. The van der Waals surface area contributed by atoms with Crippen molar-refractivity contribution in [1.82, 2.24) is 0 Å². The van der Waals surface area contributed by atoms with E-state index in [4.69, 9.17) is 20.9 Å². The molecule has 1 aromatic carbocycles. The molecule has 0 radical (unpaired) electrons. The van der Waals surface area contributed by atoms with E-state index in [1.807, 2.05) is 12.1 Å². The third kappa shape index (κ3) is 3.56. The Hall–Kier alpha value is -2.44. The summed E-state index contributed by atoms with van der Waals surface area (Å²) < 4.78 is 10.9. The van der Waals surface area contributed by atoms with Crippen molar-refractivity contribution in [2.45, 2.75) is 12.8 Å². The predicted octanol–water partition coefficient (Wildman–Crippen LogP) is 0.911. The normalized spacial score (nSPS) is 14.5. The summed E-state index contributed by atoms with van der Waals surface area (Å²) in [6.07, 6.45) is 3.92. The minimum atomic E-state index is -0.0918. The first kappa shape index (κ1) is 15.0. The Bertz CT molecular complexity index is 547. The molecule has 1 fully saturated rings. The number of benzene rings is 1. The van der Waals surface area contributed by atoms with Crippen molar-refractivity contribution < 1.29 is 9.47 Å². The van der Waals surface area contributed by atoms with Gasteiger partial charge in [-0.05, 0) is 18.9 Å². The van der Waals surface area contributed by atoms with Gasteiger partial charge in [0.1, 0.15) is 11.5 Å². The number of guanidine groups is 1. The number of methoxy groups -OCH3 is 2. The second kappa shape index (κ2) is 6.83. The van der Waals surface area contributed by atoms with Gasteiger partial charge in [-0.15, -0.1) is 5.10 Å². The van der Waals surface area contributed by atoms with Crippen LogP contribution < -0.4 is 25.8 Å². The zero-order valence-electron chi connectivity index (χ0n) is 12.4. The van der Waals surface area contributed by atoms with Gasteiger partial charge < -0.3 is 25.8 Å². The summed E-state index contributed by atoms with van der Waals surface area (Å²) in [6, 6.07) is 3.83. The number of hydrogen-bond acceptors (Lipinski definition) is 5. The summed E-state index contributed by atoms with van der Waals surface area (Å²) >= 11 is 0. The molecule has 0 amide bonds. The highest BCUT2D eigenvalue weighted by atomic mass is 16.5. The molecule has 4 N–H and O–H groups in total. The maximum atomic E-state index is 5.48. The van der Waals surface area contributed by atoms with E-state index in [1.165, 1.54) is 19.1 Å². The smallest absolute Gasteiger partial charge is 0.211 e. The lowest BCUT2D eigenvalue weighted by molar-refractivity contribution is 0.402. The van der Waals surface area contributed by atoms with Gasteiger partial charge in [0, 0.05) is 24.7 Å². The van der Waals surface area contributed by atoms with E-state index in [0.29, 0.717) is 5.75 Å². The summed E-state index contributed by atoms with van der Waals surface area (Å²) in [4.78, 5) is 2.29. The Labute approximate surface area is 124 Å². The first-order chi connectivity index (χ1) is 10.2. The number of rotatable bonds is 5. The molecule has 114 valence electrons. The predicted molar refractivity (Wildman–Crippen MR) is 84.4 cm³/mol. The molecule has 1 aliphatic heterocycles. The van der Waals surface area contributed by atoms with Gasteiger partial charge in [0.25, 0.3) is 0 Å². The molecule has 0 aliphatic carbocycles. The van der Waals surface area contributed by atoms with Crippen molar-refractivity contribution >= 4 is 17.9 Å². The average Bonchev–Trinajstić information content (AvgIpc) is 3.00. The Balaban J connectivity index is 2.37. The van der Waals surface area contributed by atoms with Crippen LogP contribution in [0.5, 0.6) is 11.5 Å². The minimum absolute atomic E-state index is 0.0918. The Morgan fingerprint density at radius 1 is 1.14 bits per heavy atom. The van der Waals surface area contributed by atoms with Crippen molar-refractivity contribution in [3.05, 3.63) is 17.7 Å². The minimum Gasteiger partial charge on any atom is -0.496 e. The lowest BCUT2D eigenvalue weighted by atomic mass is 10.1. The molecule has 7 heteroatoms. The highest BCUT2D eigenvalue weighted by molar-refractivity contribution is 5.87. The van der Waals surface area contributed by atoms with Gasteiger partial charge in [0.05, 0.1) is 26.1 Å². The molecule has 0 atom stereocenters. The molecular weight excluding hydrogens is 270 g/mol. The summed E-state index contributed by atoms with van der Waals surface area (Å²) in [6.45, 7) is 2.06. The SMILES string of the molecule is COc1cc(N2CCCC2)c(OC)cc1C=NN=C(N)N. The van der Waals surface area contributed by atoms with Crippen LogP contribution in [0, 0.1) is 0 Å². The van der Waals surface area contributed by atoms with E-state index >= 15 is 0 Å². The molecule has 1 heterocycles. The van der Waals surface area contributed by atoms with Crippen LogP contribution in [0.2, 0.25) is 0 Å². The fraction of sp³-hybridized carbons (Fsp3) is 0.429. The van der Waals surface area contributed by atoms with Crippen molar-refractivity contribution in [2.24, 2.45) is 21.7 Å². The van der Waals surface area contributed by atoms with Crippen LogP contribution in [0.25, 0.3) is 0 Å². The standard InChI is InChI=1S/C14H21N5O2/c1-20-12-8-11(19-5-3-4-6-19)13(21-2)7-10(12)9-17-18-14(15)16/h7-9H,3-6H2,1-2H3,(H4,15,16,18). The van der Waals surface area contributed by atoms with Gasteiger partial charge in [-0.3, -0.25) is 0 Å². The van der Waals surface area contributed by atoms with Crippen LogP contribution in [0.1, 0.15) is 18.4 Å². The molecular formula is C14H21N5O2. The Kier molecular flexibility index (Phi) is 4.86. The molecule has 0 bridgehead atoms. The fourth-order valence-corrected chi connectivity index (χ4v) is 2.37. The number of anilines is 1. The molecule has 2 rings (SSSR count). The van der Waals surface area contributed by atoms with Crippen molar-refractivity contribution in [1.29, 1.82) is 0 Å². The van der Waals surface area contributed by atoms with E-state index in [2.05, 4.69) is 15.1 Å². The largest absolute Gasteiger partial charge is 0.496 e. The molecule has 0 unspecified atom stereocenters. The van der Waals surface area contributed by atoms with Crippen LogP contribution in [-0.4, -0.2) is 39.5 Å². The van der Waals surface area contributed by atoms with E-state index in [1.54, 1.807) is 14.2 Å². The molecule has 7 nitrogen and oxygen atoms in total. The molecule has 1 saturated heterocycles. The number of hydrogen-bond donors (Lipinski definition) is 2. The maximum Gasteiger partial charge on any atom is 0.211 e. The van der Waals surface area contributed by atoms with E-state index in [0.717, 1.165) is 30.1 Å².